The van der Waals surface area contributed by atoms with Crippen molar-refractivity contribution in [2.75, 3.05) is 13.2 Å². The SMILES string of the molecule is [CH2]CC[CH]OCC1CO1. The molecule has 2 heteroatoms. The van der Waals surface area contributed by atoms with Gasteiger partial charge in [-0.25, -0.2) is 0 Å². The van der Waals surface area contributed by atoms with Crippen molar-refractivity contribution < 1.29 is 9.47 Å². The zero-order chi connectivity index (χ0) is 6.53. The van der Waals surface area contributed by atoms with Crippen LogP contribution in [0.15, 0.2) is 0 Å². The summed E-state index contributed by atoms with van der Waals surface area (Å²) in [4.78, 5) is 0. The van der Waals surface area contributed by atoms with Gasteiger partial charge in [-0.2, -0.15) is 0 Å². The van der Waals surface area contributed by atoms with Crippen LogP contribution in [0.4, 0.5) is 0 Å². The van der Waals surface area contributed by atoms with Crippen LogP contribution in [-0.4, -0.2) is 19.3 Å². The zero-order valence-corrected chi connectivity index (χ0v) is 5.51. The number of ether oxygens (including phenoxy) is 2. The van der Waals surface area contributed by atoms with Gasteiger partial charge in [-0.3, -0.25) is 0 Å². The Kier molecular flexibility index (Phi) is 3.01. The van der Waals surface area contributed by atoms with Crippen LogP contribution in [-0.2, 0) is 9.47 Å². The average molecular weight is 128 g/mol. The summed E-state index contributed by atoms with van der Waals surface area (Å²) < 4.78 is 10.0. The lowest BCUT2D eigenvalue weighted by molar-refractivity contribution is 0.167. The Morgan fingerprint density at radius 1 is 1.78 bits per heavy atom. The van der Waals surface area contributed by atoms with Gasteiger partial charge in [0.2, 0.25) is 0 Å². The van der Waals surface area contributed by atoms with Crippen molar-refractivity contribution in [3.05, 3.63) is 13.5 Å². The molecule has 52 valence electrons. The van der Waals surface area contributed by atoms with Crippen LogP contribution >= 0.6 is 0 Å². The van der Waals surface area contributed by atoms with E-state index in [4.69, 9.17) is 9.47 Å². The normalized spacial score (nSPS) is 24.3. The van der Waals surface area contributed by atoms with Crippen LogP contribution in [0.2, 0.25) is 0 Å². The van der Waals surface area contributed by atoms with Crippen LogP contribution in [0.5, 0.6) is 0 Å². The van der Waals surface area contributed by atoms with Crippen LogP contribution < -0.4 is 0 Å². The largest absolute Gasteiger partial charge is 0.373 e. The van der Waals surface area contributed by atoms with Crippen molar-refractivity contribution in [2.24, 2.45) is 0 Å². The highest BCUT2D eigenvalue weighted by Crippen LogP contribution is 2.09. The van der Waals surface area contributed by atoms with Crippen LogP contribution in [0.3, 0.4) is 0 Å². The molecule has 0 aromatic carbocycles. The molecule has 1 aliphatic heterocycles. The molecular formula is C7H12O2. The van der Waals surface area contributed by atoms with E-state index in [1.54, 1.807) is 6.61 Å². The van der Waals surface area contributed by atoms with Gasteiger partial charge in [-0.1, -0.05) is 13.3 Å². The third-order valence-electron chi connectivity index (χ3n) is 1.12. The second kappa shape index (κ2) is 3.85. The fourth-order valence-corrected chi connectivity index (χ4v) is 0.506. The fourth-order valence-electron chi connectivity index (χ4n) is 0.506. The topological polar surface area (TPSA) is 21.8 Å². The summed E-state index contributed by atoms with van der Waals surface area (Å²) in [6.07, 6.45) is 2.23. The standard InChI is InChI=1S/C7H12O2/c1-2-3-4-8-5-7-6-9-7/h4,7H,1-3,5-6H2. The van der Waals surface area contributed by atoms with Crippen molar-refractivity contribution in [2.45, 2.75) is 18.9 Å². The van der Waals surface area contributed by atoms with Crippen molar-refractivity contribution >= 4 is 0 Å². The molecule has 1 rings (SSSR count). The number of hydrogen-bond donors (Lipinski definition) is 0. The van der Waals surface area contributed by atoms with Gasteiger partial charge in [0.15, 0.2) is 0 Å². The second-order valence-electron chi connectivity index (χ2n) is 2.10. The van der Waals surface area contributed by atoms with Gasteiger partial charge in [0.1, 0.15) is 6.10 Å². The van der Waals surface area contributed by atoms with Crippen molar-refractivity contribution in [3.8, 4) is 0 Å². The summed E-state index contributed by atoms with van der Waals surface area (Å²) >= 11 is 0. The predicted molar refractivity (Wildman–Crippen MR) is 34.6 cm³/mol. The van der Waals surface area contributed by atoms with Gasteiger partial charge < -0.3 is 9.47 Å². The van der Waals surface area contributed by atoms with E-state index in [1.165, 1.54) is 0 Å². The average Bonchev–Trinajstić information content (AvgIpc) is 2.63. The Labute approximate surface area is 56.2 Å². The van der Waals surface area contributed by atoms with Gasteiger partial charge >= 0.3 is 0 Å². The molecule has 0 amide bonds. The second-order valence-corrected chi connectivity index (χ2v) is 2.10. The first kappa shape index (κ1) is 7.03. The molecule has 0 bridgehead atoms. The van der Waals surface area contributed by atoms with Gasteiger partial charge in [-0.15, -0.1) is 0 Å². The molecule has 0 aromatic heterocycles. The minimum atomic E-state index is 0.381. The Morgan fingerprint density at radius 3 is 3.11 bits per heavy atom. The van der Waals surface area contributed by atoms with E-state index in [0.29, 0.717) is 6.10 Å². The maximum Gasteiger partial charge on any atom is 0.104 e. The first-order valence-electron chi connectivity index (χ1n) is 3.27. The Bertz CT molecular complexity index is 69.3. The lowest BCUT2D eigenvalue weighted by Gasteiger charge is -1.96. The first-order valence-corrected chi connectivity index (χ1v) is 3.27. The quantitative estimate of drug-likeness (QED) is 0.409. The van der Waals surface area contributed by atoms with Crippen LogP contribution in [0.1, 0.15) is 12.8 Å². The molecule has 9 heavy (non-hydrogen) atoms. The smallest absolute Gasteiger partial charge is 0.104 e. The predicted octanol–water partition coefficient (Wildman–Crippen LogP) is 1.18. The molecule has 1 heterocycles. The van der Waals surface area contributed by atoms with E-state index in [-0.39, 0.29) is 0 Å². The summed E-state index contributed by atoms with van der Waals surface area (Å²) in [5.41, 5.74) is 0. The minimum Gasteiger partial charge on any atom is -0.373 e. The van der Waals surface area contributed by atoms with Gasteiger partial charge in [0.05, 0.1) is 19.8 Å². The number of epoxide rings is 1. The fraction of sp³-hybridized carbons (Fsp3) is 0.714. The third-order valence-corrected chi connectivity index (χ3v) is 1.12. The molecule has 1 saturated heterocycles. The van der Waals surface area contributed by atoms with Crippen molar-refractivity contribution in [1.29, 1.82) is 0 Å². The Morgan fingerprint density at radius 2 is 2.56 bits per heavy atom. The number of hydrogen-bond acceptors (Lipinski definition) is 2. The molecule has 1 fully saturated rings. The van der Waals surface area contributed by atoms with Gasteiger partial charge in [0.25, 0.3) is 0 Å². The molecule has 1 unspecified atom stereocenters. The maximum atomic E-state index is 5.11. The number of unbranched alkanes of at least 4 members (excludes halogenated alkanes) is 1. The molecule has 0 N–H and O–H groups in total. The summed E-state index contributed by atoms with van der Waals surface area (Å²) in [6, 6.07) is 0. The summed E-state index contributed by atoms with van der Waals surface area (Å²) in [7, 11) is 0. The van der Waals surface area contributed by atoms with E-state index in [1.807, 2.05) is 0 Å². The summed E-state index contributed by atoms with van der Waals surface area (Å²) in [6.45, 7) is 7.07. The lowest BCUT2D eigenvalue weighted by atomic mass is 10.4. The molecule has 0 saturated carbocycles. The first-order chi connectivity index (χ1) is 4.43. The van der Waals surface area contributed by atoms with Gasteiger partial charge in [0, 0.05) is 0 Å². The maximum absolute atomic E-state index is 5.11. The van der Waals surface area contributed by atoms with E-state index in [9.17, 15) is 0 Å². The van der Waals surface area contributed by atoms with Crippen LogP contribution in [0, 0.1) is 13.5 Å². The number of rotatable bonds is 5. The van der Waals surface area contributed by atoms with E-state index >= 15 is 0 Å². The van der Waals surface area contributed by atoms with Crippen molar-refractivity contribution in [3.63, 3.8) is 0 Å². The molecule has 2 nitrogen and oxygen atoms in total. The zero-order valence-electron chi connectivity index (χ0n) is 5.51. The molecule has 0 aromatic rings. The highest BCUT2D eigenvalue weighted by atomic mass is 16.6. The van der Waals surface area contributed by atoms with Gasteiger partial charge in [-0.05, 0) is 6.42 Å². The highest BCUT2D eigenvalue weighted by Gasteiger charge is 2.21. The summed E-state index contributed by atoms with van der Waals surface area (Å²) in [5.74, 6) is 0. The van der Waals surface area contributed by atoms with E-state index in [0.717, 1.165) is 26.1 Å². The van der Waals surface area contributed by atoms with Crippen molar-refractivity contribution in [1.82, 2.24) is 0 Å². The third kappa shape index (κ3) is 3.49. The monoisotopic (exact) mass is 128 g/mol. The molecule has 0 spiro atoms. The molecule has 1 atom stereocenters. The molecular weight excluding hydrogens is 116 g/mol. The minimum absolute atomic E-state index is 0.381. The lowest BCUT2D eigenvalue weighted by Crippen LogP contribution is -1.98. The highest BCUT2D eigenvalue weighted by molar-refractivity contribution is 4.68. The van der Waals surface area contributed by atoms with E-state index < -0.39 is 0 Å². The molecule has 2 radical (unpaired) electrons. The molecule has 0 aliphatic carbocycles. The van der Waals surface area contributed by atoms with E-state index in [2.05, 4.69) is 6.92 Å². The Hall–Kier alpha value is -0.0800. The Balaban J connectivity index is 1.71. The molecule has 1 aliphatic rings. The summed E-state index contributed by atoms with van der Waals surface area (Å²) in [5, 5.41) is 0. The van der Waals surface area contributed by atoms with Crippen LogP contribution in [0.25, 0.3) is 0 Å².